The summed E-state index contributed by atoms with van der Waals surface area (Å²) in [6.07, 6.45) is 6.57. The van der Waals surface area contributed by atoms with E-state index in [1.54, 1.807) is 0 Å². The van der Waals surface area contributed by atoms with E-state index in [1.807, 2.05) is 0 Å². The minimum Gasteiger partial charge on any atom is -0.465 e. The van der Waals surface area contributed by atoms with Crippen LogP contribution in [0.3, 0.4) is 0 Å². The van der Waals surface area contributed by atoms with Gasteiger partial charge in [-0.05, 0) is 18.8 Å². The fraction of sp³-hybridized carbons (Fsp3) is 0.900. The highest BCUT2D eigenvalue weighted by atomic mass is 79.9. The molecule has 0 heterocycles. The average molecular weight is 249 g/mol. The van der Waals surface area contributed by atoms with Gasteiger partial charge in [-0.3, -0.25) is 4.79 Å². The van der Waals surface area contributed by atoms with Gasteiger partial charge in [-0.1, -0.05) is 35.2 Å². The zero-order chi connectivity index (χ0) is 9.68. The molecule has 0 saturated heterocycles. The molecule has 3 heteroatoms. The molecule has 0 bridgehead atoms. The largest absolute Gasteiger partial charge is 0.465 e. The van der Waals surface area contributed by atoms with E-state index in [4.69, 9.17) is 4.74 Å². The van der Waals surface area contributed by atoms with Gasteiger partial charge < -0.3 is 4.74 Å². The third-order valence-corrected chi connectivity index (χ3v) is 3.62. The molecule has 0 amide bonds. The Morgan fingerprint density at radius 1 is 1.46 bits per heavy atom. The highest BCUT2D eigenvalue weighted by molar-refractivity contribution is 9.09. The predicted molar refractivity (Wildman–Crippen MR) is 55.9 cm³/mol. The Hall–Kier alpha value is -0.0500. The second-order valence-electron chi connectivity index (χ2n) is 3.72. The van der Waals surface area contributed by atoms with Gasteiger partial charge in [0, 0.05) is 6.92 Å². The predicted octanol–water partition coefficient (Wildman–Crippen LogP) is 2.89. The van der Waals surface area contributed by atoms with Gasteiger partial charge in [-0.25, -0.2) is 0 Å². The van der Waals surface area contributed by atoms with Gasteiger partial charge in [0.2, 0.25) is 0 Å². The molecule has 1 unspecified atom stereocenters. The van der Waals surface area contributed by atoms with E-state index >= 15 is 0 Å². The number of hydrogen-bond donors (Lipinski definition) is 0. The lowest BCUT2D eigenvalue weighted by Crippen LogP contribution is -2.23. The normalized spacial score (nSPS) is 21.1. The summed E-state index contributed by atoms with van der Waals surface area (Å²) < 4.78 is 4.97. The van der Waals surface area contributed by atoms with E-state index in [-0.39, 0.29) is 5.97 Å². The Labute approximate surface area is 88.2 Å². The summed E-state index contributed by atoms with van der Waals surface area (Å²) in [6.45, 7) is 1.99. The molecule has 13 heavy (non-hydrogen) atoms. The van der Waals surface area contributed by atoms with Crippen molar-refractivity contribution in [1.82, 2.24) is 0 Å². The quantitative estimate of drug-likeness (QED) is 0.567. The third-order valence-electron chi connectivity index (χ3n) is 2.61. The summed E-state index contributed by atoms with van der Waals surface area (Å²) in [6, 6.07) is 0. The van der Waals surface area contributed by atoms with Crippen LogP contribution < -0.4 is 0 Å². The molecule has 2 nitrogen and oxygen atoms in total. The van der Waals surface area contributed by atoms with Crippen molar-refractivity contribution in [3.8, 4) is 0 Å². The van der Waals surface area contributed by atoms with Gasteiger partial charge in [0.15, 0.2) is 0 Å². The van der Waals surface area contributed by atoms with E-state index in [9.17, 15) is 4.79 Å². The van der Waals surface area contributed by atoms with Crippen molar-refractivity contribution in [2.24, 2.45) is 5.92 Å². The van der Waals surface area contributed by atoms with Crippen LogP contribution in [0.15, 0.2) is 0 Å². The molecular weight excluding hydrogens is 232 g/mol. The molecule has 0 aromatic heterocycles. The Bertz CT molecular complexity index is 164. The van der Waals surface area contributed by atoms with Gasteiger partial charge in [0.25, 0.3) is 0 Å². The maximum Gasteiger partial charge on any atom is 0.302 e. The first kappa shape index (κ1) is 11.0. The van der Waals surface area contributed by atoms with Crippen molar-refractivity contribution in [2.45, 2.75) is 43.9 Å². The van der Waals surface area contributed by atoms with E-state index in [2.05, 4.69) is 15.9 Å². The van der Waals surface area contributed by atoms with Gasteiger partial charge in [0.1, 0.15) is 6.61 Å². The zero-order valence-corrected chi connectivity index (χ0v) is 9.68. The van der Waals surface area contributed by atoms with E-state index in [0.717, 1.165) is 0 Å². The molecular formula is C10H17BrO2. The molecule has 1 aliphatic rings. The molecule has 0 radical (unpaired) electrons. The Kier molecular flexibility index (Phi) is 4.78. The van der Waals surface area contributed by atoms with Crippen molar-refractivity contribution in [3.63, 3.8) is 0 Å². The first-order valence-electron chi connectivity index (χ1n) is 4.97. The second-order valence-corrected chi connectivity index (χ2v) is 4.89. The lowest BCUT2D eigenvalue weighted by Gasteiger charge is -2.25. The van der Waals surface area contributed by atoms with Crippen LogP contribution in [0.25, 0.3) is 0 Å². The Balaban J connectivity index is 2.20. The van der Waals surface area contributed by atoms with Crippen LogP contribution >= 0.6 is 15.9 Å². The first-order chi connectivity index (χ1) is 6.20. The summed E-state index contributed by atoms with van der Waals surface area (Å²) in [5.74, 6) is 0.522. The van der Waals surface area contributed by atoms with Crippen LogP contribution in [0, 0.1) is 5.92 Å². The van der Waals surface area contributed by atoms with Crippen LogP contribution in [0.4, 0.5) is 0 Å². The fourth-order valence-corrected chi connectivity index (χ4v) is 2.49. The van der Waals surface area contributed by atoms with E-state index in [0.29, 0.717) is 17.4 Å². The van der Waals surface area contributed by atoms with Crippen LogP contribution in [-0.4, -0.2) is 17.4 Å². The number of esters is 1. The molecule has 0 N–H and O–H groups in total. The maximum atomic E-state index is 10.6. The Morgan fingerprint density at radius 3 is 2.62 bits per heavy atom. The first-order valence-corrected chi connectivity index (χ1v) is 5.89. The lowest BCUT2D eigenvalue weighted by atomic mass is 9.87. The number of rotatable bonds is 3. The number of carbonyl (C=O) groups is 1. The molecule has 76 valence electrons. The monoisotopic (exact) mass is 248 g/mol. The lowest BCUT2D eigenvalue weighted by molar-refractivity contribution is -0.141. The smallest absolute Gasteiger partial charge is 0.302 e. The van der Waals surface area contributed by atoms with Crippen LogP contribution in [0.5, 0.6) is 0 Å². The summed E-state index contributed by atoms with van der Waals surface area (Å²) in [7, 11) is 0. The zero-order valence-electron chi connectivity index (χ0n) is 8.09. The molecule has 0 aromatic rings. The van der Waals surface area contributed by atoms with E-state index < -0.39 is 0 Å². The molecule has 1 aliphatic carbocycles. The molecule has 0 spiro atoms. The van der Waals surface area contributed by atoms with Crippen molar-refractivity contribution >= 4 is 21.9 Å². The number of alkyl halides is 1. The van der Waals surface area contributed by atoms with Gasteiger partial charge in [0.05, 0.1) is 4.83 Å². The number of halogens is 1. The topological polar surface area (TPSA) is 26.3 Å². The van der Waals surface area contributed by atoms with Gasteiger partial charge >= 0.3 is 5.97 Å². The molecule has 1 saturated carbocycles. The molecule has 1 atom stereocenters. The van der Waals surface area contributed by atoms with Crippen molar-refractivity contribution < 1.29 is 9.53 Å². The summed E-state index contributed by atoms with van der Waals surface area (Å²) in [5, 5.41) is 0. The van der Waals surface area contributed by atoms with Crippen LogP contribution in [0.2, 0.25) is 0 Å². The minimum atomic E-state index is -0.180. The van der Waals surface area contributed by atoms with Gasteiger partial charge in [-0.15, -0.1) is 0 Å². The van der Waals surface area contributed by atoms with Crippen LogP contribution in [0.1, 0.15) is 39.0 Å². The maximum absolute atomic E-state index is 10.6. The molecule has 0 aromatic carbocycles. The SMILES string of the molecule is CC(=O)OCC(Br)C1CCCCC1. The fourth-order valence-electron chi connectivity index (χ4n) is 1.83. The van der Waals surface area contributed by atoms with Crippen LogP contribution in [-0.2, 0) is 9.53 Å². The minimum absolute atomic E-state index is 0.180. The molecule has 0 aliphatic heterocycles. The third kappa shape index (κ3) is 4.12. The highest BCUT2D eigenvalue weighted by Gasteiger charge is 2.21. The average Bonchev–Trinajstić information content (AvgIpc) is 2.15. The van der Waals surface area contributed by atoms with Crippen molar-refractivity contribution in [1.29, 1.82) is 0 Å². The summed E-state index contributed by atoms with van der Waals surface area (Å²) in [4.78, 5) is 10.9. The number of ether oxygens (including phenoxy) is 1. The van der Waals surface area contributed by atoms with Crippen molar-refractivity contribution in [3.05, 3.63) is 0 Å². The second kappa shape index (κ2) is 5.63. The van der Waals surface area contributed by atoms with E-state index in [1.165, 1.54) is 39.0 Å². The molecule has 1 fully saturated rings. The number of carbonyl (C=O) groups excluding carboxylic acids is 1. The highest BCUT2D eigenvalue weighted by Crippen LogP contribution is 2.30. The standard InChI is InChI=1S/C10H17BrO2/c1-8(12)13-7-10(11)9-5-3-2-4-6-9/h9-10H,2-7H2,1H3. The summed E-state index contributed by atoms with van der Waals surface area (Å²) >= 11 is 3.59. The molecule has 1 rings (SSSR count). The Morgan fingerprint density at radius 2 is 2.08 bits per heavy atom. The van der Waals surface area contributed by atoms with Crippen molar-refractivity contribution in [2.75, 3.05) is 6.61 Å². The van der Waals surface area contributed by atoms with Gasteiger partial charge in [-0.2, -0.15) is 0 Å². The number of hydrogen-bond acceptors (Lipinski definition) is 2. The summed E-state index contributed by atoms with van der Waals surface area (Å²) in [5.41, 5.74) is 0.